The van der Waals surface area contributed by atoms with Crippen molar-refractivity contribution in [3.8, 4) is 0 Å². The van der Waals surface area contributed by atoms with Crippen LogP contribution in [-0.4, -0.2) is 0 Å². The number of rotatable bonds is 0. The molecule has 17 heavy (non-hydrogen) atoms. The first-order valence-electron chi connectivity index (χ1n) is 6.90. The first-order chi connectivity index (χ1) is 8.13. The fourth-order valence-corrected chi connectivity index (χ4v) is 1.99. The second-order valence-corrected chi connectivity index (χ2v) is 4.32. The Morgan fingerprint density at radius 3 is 1.94 bits per heavy atom. The average molecular weight is 232 g/mol. The lowest BCUT2D eigenvalue weighted by atomic mass is 9.99. The Balaban J connectivity index is 0.000000450. The van der Waals surface area contributed by atoms with Crippen molar-refractivity contribution in [2.45, 2.75) is 60.8 Å². The van der Waals surface area contributed by atoms with E-state index < -0.39 is 0 Å². The zero-order chi connectivity index (χ0) is 13.4. The molecule has 1 aliphatic carbocycles. The van der Waals surface area contributed by atoms with Crippen LogP contribution in [0.1, 0.15) is 71.9 Å². The van der Waals surface area contributed by atoms with E-state index in [2.05, 4.69) is 58.9 Å². The first kappa shape index (κ1) is 16.0. The molecule has 0 saturated heterocycles. The quantitative estimate of drug-likeness (QED) is 0.511. The van der Waals surface area contributed by atoms with Crippen LogP contribution in [0.2, 0.25) is 0 Å². The first-order valence-corrected chi connectivity index (χ1v) is 6.90. The molecule has 1 aromatic rings. The number of fused-ring (bicyclic) bond motifs is 1. The van der Waals surface area contributed by atoms with Gasteiger partial charge in [0.2, 0.25) is 0 Å². The lowest BCUT2D eigenvalue weighted by molar-refractivity contribution is 0.920. The van der Waals surface area contributed by atoms with E-state index in [9.17, 15) is 0 Å². The predicted molar refractivity (Wildman–Crippen MR) is 80.4 cm³/mol. The molecule has 1 aliphatic rings. The molecule has 0 heterocycles. The van der Waals surface area contributed by atoms with Crippen LogP contribution in [0.4, 0.5) is 0 Å². The molecule has 0 spiro atoms. The third-order valence-corrected chi connectivity index (χ3v) is 3.07. The molecule has 0 saturated carbocycles. The topological polar surface area (TPSA) is 0 Å². The molecule has 0 nitrogen and oxygen atoms in total. The number of allylic oxidation sites excluding steroid dienone is 2. The van der Waals surface area contributed by atoms with Crippen LogP contribution in [0, 0.1) is 0 Å². The van der Waals surface area contributed by atoms with Gasteiger partial charge in [0.15, 0.2) is 0 Å². The molecule has 2 rings (SSSR count). The van der Waals surface area contributed by atoms with E-state index in [0.717, 1.165) is 0 Å². The maximum Gasteiger partial charge on any atom is 0.00290 e. The van der Waals surface area contributed by atoms with E-state index in [1.54, 1.807) is 0 Å². The van der Waals surface area contributed by atoms with Crippen LogP contribution >= 0.6 is 0 Å². The highest BCUT2D eigenvalue weighted by Crippen LogP contribution is 2.40. The van der Waals surface area contributed by atoms with Gasteiger partial charge in [0.05, 0.1) is 0 Å². The largest absolute Gasteiger partial charge is 0.0683 e. The minimum atomic E-state index is 0.626. The van der Waals surface area contributed by atoms with Gasteiger partial charge in [0.1, 0.15) is 0 Å². The Morgan fingerprint density at radius 1 is 1.00 bits per heavy atom. The second-order valence-electron chi connectivity index (χ2n) is 4.32. The summed E-state index contributed by atoms with van der Waals surface area (Å²) in [5.74, 6) is 0.626. The van der Waals surface area contributed by atoms with Crippen LogP contribution in [0.15, 0.2) is 29.8 Å². The molecule has 0 amide bonds. The van der Waals surface area contributed by atoms with E-state index in [1.807, 2.05) is 13.8 Å². The minimum Gasteiger partial charge on any atom is -0.0683 e. The molecule has 1 atom stereocenters. The van der Waals surface area contributed by atoms with Crippen LogP contribution in [0.25, 0.3) is 5.57 Å². The zero-order valence-corrected chi connectivity index (χ0v) is 12.6. The van der Waals surface area contributed by atoms with Gasteiger partial charge in [-0.05, 0) is 30.5 Å². The summed E-state index contributed by atoms with van der Waals surface area (Å²) in [6.07, 6.45) is 1.25. The van der Waals surface area contributed by atoms with Gasteiger partial charge in [0, 0.05) is 5.92 Å². The standard InChI is InChI=1S/C12H14.C3H8.C2H6/c1-8-9(2)11-6-4-5-7-12(11)10(8)3;1-3-2;1-2/h4-7,9H,1-3H3;3H2,1-2H3;1-2H3. The van der Waals surface area contributed by atoms with E-state index >= 15 is 0 Å². The lowest BCUT2D eigenvalue weighted by Gasteiger charge is -2.05. The van der Waals surface area contributed by atoms with Crippen molar-refractivity contribution in [1.82, 2.24) is 0 Å². The van der Waals surface area contributed by atoms with E-state index in [4.69, 9.17) is 0 Å². The molecule has 0 bridgehead atoms. The van der Waals surface area contributed by atoms with Crippen molar-refractivity contribution in [3.05, 3.63) is 41.0 Å². The van der Waals surface area contributed by atoms with E-state index in [1.165, 1.54) is 28.7 Å². The number of benzene rings is 1. The van der Waals surface area contributed by atoms with Gasteiger partial charge in [0.25, 0.3) is 0 Å². The fourth-order valence-electron chi connectivity index (χ4n) is 1.99. The normalized spacial score (nSPS) is 16.5. The highest BCUT2D eigenvalue weighted by atomic mass is 14.3. The molecule has 96 valence electrons. The summed E-state index contributed by atoms with van der Waals surface area (Å²) in [6, 6.07) is 8.70. The maximum absolute atomic E-state index is 2.28. The molecule has 1 unspecified atom stereocenters. The molecule has 0 heteroatoms. The summed E-state index contributed by atoms with van der Waals surface area (Å²) < 4.78 is 0. The summed E-state index contributed by atoms with van der Waals surface area (Å²) in [7, 11) is 0. The predicted octanol–water partition coefficient (Wildman–Crippen LogP) is 6.04. The average Bonchev–Trinajstić information content (AvgIpc) is 2.59. The van der Waals surface area contributed by atoms with Crippen LogP contribution in [-0.2, 0) is 0 Å². The molecule has 0 fully saturated rings. The molecule has 0 aromatic heterocycles. The summed E-state index contributed by atoms with van der Waals surface area (Å²) >= 11 is 0. The Labute approximate surface area is 108 Å². The minimum absolute atomic E-state index is 0.626. The van der Waals surface area contributed by atoms with Gasteiger partial charge in [-0.15, -0.1) is 0 Å². The van der Waals surface area contributed by atoms with Crippen molar-refractivity contribution in [1.29, 1.82) is 0 Å². The monoisotopic (exact) mass is 232 g/mol. The number of hydrogen-bond acceptors (Lipinski definition) is 0. The molecule has 1 aromatic carbocycles. The lowest BCUT2D eigenvalue weighted by Crippen LogP contribution is -1.88. The smallest absolute Gasteiger partial charge is 0.00290 e. The Morgan fingerprint density at radius 2 is 1.47 bits per heavy atom. The van der Waals surface area contributed by atoms with Crippen molar-refractivity contribution in [2.24, 2.45) is 0 Å². The molecule has 0 aliphatic heterocycles. The summed E-state index contributed by atoms with van der Waals surface area (Å²) in [5.41, 5.74) is 5.93. The van der Waals surface area contributed by atoms with Crippen molar-refractivity contribution in [3.63, 3.8) is 0 Å². The maximum atomic E-state index is 2.28. The third kappa shape index (κ3) is 3.73. The highest BCUT2D eigenvalue weighted by molar-refractivity contribution is 5.76. The Kier molecular flexibility index (Phi) is 7.61. The van der Waals surface area contributed by atoms with E-state index in [0.29, 0.717) is 5.92 Å². The van der Waals surface area contributed by atoms with Gasteiger partial charge in [-0.25, -0.2) is 0 Å². The Hall–Kier alpha value is -1.04. The molecular formula is C17H28. The van der Waals surface area contributed by atoms with E-state index in [-0.39, 0.29) is 0 Å². The zero-order valence-electron chi connectivity index (χ0n) is 12.6. The number of hydrogen-bond donors (Lipinski definition) is 0. The molecular weight excluding hydrogens is 204 g/mol. The van der Waals surface area contributed by atoms with Gasteiger partial charge >= 0.3 is 0 Å². The van der Waals surface area contributed by atoms with Gasteiger partial charge in [-0.1, -0.05) is 70.9 Å². The van der Waals surface area contributed by atoms with Crippen LogP contribution in [0.3, 0.4) is 0 Å². The third-order valence-electron chi connectivity index (χ3n) is 3.07. The summed E-state index contributed by atoms with van der Waals surface area (Å²) in [5, 5.41) is 0. The SMILES string of the molecule is CC.CC1=C(C)C(C)c2ccccc21.CCC. The van der Waals surface area contributed by atoms with Gasteiger partial charge in [-0.3, -0.25) is 0 Å². The van der Waals surface area contributed by atoms with Gasteiger partial charge in [-0.2, -0.15) is 0 Å². The van der Waals surface area contributed by atoms with Crippen molar-refractivity contribution < 1.29 is 0 Å². The summed E-state index contributed by atoms with van der Waals surface area (Å²) in [4.78, 5) is 0. The van der Waals surface area contributed by atoms with Crippen molar-refractivity contribution in [2.75, 3.05) is 0 Å². The fraction of sp³-hybridized carbons (Fsp3) is 0.529. The highest BCUT2D eigenvalue weighted by Gasteiger charge is 2.21. The van der Waals surface area contributed by atoms with Crippen molar-refractivity contribution >= 4 is 5.57 Å². The van der Waals surface area contributed by atoms with Crippen LogP contribution in [0.5, 0.6) is 0 Å². The molecule has 0 N–H and O–H groups in total. The van der Waals surface area contributed by atoms with Crippen LogP contribution < -0.4 is 0 Å². The van der Waals surface area contributed by atoms with Gasteiger partial charge < -0.3 is 0 Å². The summed E-state index contributed by atoms with van der Waals surface area (Å²) in [6.45, 7) is 15.0. The molecule has 0 radical (unpaired) electrons. The second kappa shape index (κ2) is 8.11. The Bertz CT molecular complexity index is 358.